The molecule has 0 unspecified atom stereocenters. The number of carboxylic acids is 1. The molecule has 0 aromatic heterocycles. The molecule has 2 fully saturated rings. The SMILES string of the molecule is CN(C(=O)CC1(CNC(=O)OCC2c3ccccc3-c3ccccc32)CCC1)C1CC(C(=O)O)C1. The molecule has 3 aliphatic carbocycles. The number of ether oxygens (including phenoxy) is 1. The van der Waals surface area contributed by atoms with Crippen molar-refractivity contribution in [3.8, 4) is 11.1 Å². The Morgan fingerprint density at radius 1 is 1.03 bits per heavy atom. The van der Waals surface area contributed by atoms with Crippen molar-refractivity contribution in [1.29, 1.82) is 0 Å². The van der Waals surface area contributed by atoms with E-state index >= 15 is 0 Å². The lowest BCUT2D eigenvalue weighted by Crippen LogP contribution is -2.51. The number of carbonyl (C=O) groups is 3. The summed E-state index contributed by atoms with van der Waals surface area (Å²) in [5.41, 5.74) is 4.48. The lowest BCUT2D eigenvalue weighted by molar-refractivity contribution is -0.151. The Hall–Kier alpha value is -3.35. The fraction of sp³-hybridized carbons (Fsp3) is 0.464. The van der Waals surface area contributed by atoms with Crippen molar-refractivity contribution in [3.63, 3.8) is 0 Å². The molecule has 3 aliphatic rings. The highest BCUT2D eigenvalue weighted by Crippen LogP contribution is 2.45. The fourth-order valence-electron chi connectivity index (χ4n) is 5.76. The Kier molecular flexibility index (Phi) is 6.26. The normalized spacial score (nSPS) is 21.6. The number of aliphatic carboxylic acids is 1. The van der Waals surface area contributed by atoms with Gasteiger partial charge in [0.1, 0.15) is 6.61 Å². The van der Waals surface area contributed by atoms with Gasteiger partial charge in [0.05, 0.1) is 5.92 Å². The van der Waals surface area contributed by atoms with Crippen molar-refractivity contribution in [2.75, 3.05) is 20.2 Å². The van der Waals surface area contributed by atoms with Crippen molar-refractivity contribution in [2.45, 2.75) is 50.5 Å². The number of nitrogens with one attached hydrogen (secondary N) is 1. The number of fused-ring (bicyclic) bond motifs is 3. The number of carbonyl (C=O) groups excluding carboxylic acids is 2. The van der Waals surface area contributed by atoms with E-state index in [4.69, 9.17) is 9.84 Å². The summed E-state index contributed by atoms with van der Waals surface area (Å²) in [6, 6.07) is 16.5. The van der Waals surface area contributed by atoms with E-state index in [1.54, 1.807) is 11.9 Å². The van der Waals surface area contributed by atoms with Crippen LogP contribution in [-0.4, -0.2) is 54.2 Å². The smallest absolute Gasteiger partial charge is 0.407 e. The number of alkyl carbamates (subject to hydrolysis) is 1. The summed E-state index contributed by atoms with van der Waals surface area (Å²) >= 11 is 0. The quantitative estimate of drug-likeness (QED) is 0.589. The summed E-state index contributed by atoms with van der Waals surface area (Å²) in [7, 11) is 1.76. The zero-order chi connectivity index (χ0) is 24.6. The van der Waals surface area contributed by atoms with Crippen LogP contribution in [0.4, 0.5) is 4.79 Å². The van der Waals surface area contributed by atoms with Crippen LogP contribution in [0.25, 0.3) is 11.1 Å². The molecule has 184 valence electrons. The molecule has 0 spiro atoms. The van der Waals surface area contributed by atoms with Crippen LogP contribution in [0, 0.1) is 11.3 Å². The Bertz CT molecular complexity index is 1090. The number of amides is 2. The molecule has 0 bridgehead atoms. The van der Waals surface area contributed by atoms with Gasteiger partial charge in [-0.1, -0.05) is 55.0 Å². The first-order chi connectivity index (χ1) is 16.9. The minimum Gasteiger partial charge on any atom is -0.481 e. The molecule has 5 rings (SSSR count). The van der Waals surface area contributed by atoms with Gasteiger partial charge < -0.3 is 20.1 Å². The predicted octanol–water partition coefficient (Wildman–Crippen LogP) is 4.41. The van der Waals surface area contributed by atoms with Crippen LogP contribution in [0.2, 0.25) is 0 Å². The summed E-state index contributed by atoms with van der Waals surface area (Å²) in [6.45, 7) is 0.673. The first kappa shape index (κ1) is 23.4. The molecular weight excluding hydrogens is 444 g/mol. The molecular formula is C28H32N2O5. The molecule has 2 saturated carbocycles. The Balaban J connectivity index is 1.13. The van der Waals surface area contributed by atoms with Crippen molar-refractivity contribution in [2.24, 2.45) is 11.3 Å². The highest BCUT2D eigenvalue weighted by Gasteiger charge is 2.43. The van der Waals surface area contributed by atoms with Crippen LogP contribution in [0.1, 0.15) is 55.6 Å². The average molecular weight is 477 g/mol. The lowest BCUT2D eigenvalue weighted by Gasteiger charge is -2.44. The second-order valence-corrected chi connectivity index (χ2v) is 10.4. The van der Waals surface area contributed by atoms with Gasteiger partial charge in [-0.05, 0) is 53.4 Å². The van der Waals surface area contributed by atoms with Gasteiger partial charge in [0.2, 0.25) is 5.91 Å². The van der Waals surface area contributed by atoms with Gasteiger partial charge in [-0.3, -0.25) is 9.59 Å². The largest absolute Gasteiger partial charge is 0.481 e. The summed E-state index contributed by atoms with van der Waals surface area (Å²) in [4.78, 5) is 38.2. The molecule has 2 amide bonds. The highest BCUT2D eigenvalue weighted by molar-refractivity contribution is 5.80. The second-order valence-electron chi connectivity index (χ2n) is 10.4. The average Bonchev–Trinajstić information content (AvgIpc) is 3.11. The first-order valence-corrected chi connectivity index (χ1v) is 12.4. The Morgan fingerprint density at radius 2 is 1.63 bits per heavy atom. The second kappa shape index (κ2) is 9.36. The molecule has 35 heavy (non-hydrogen) atoms. The van der Waals surface area contributed by atoms with E-state index in [0.717, 1.165) is 19.3 Å². The lowest BCUT2D eigenvalue weighted by atomic mass is 9.66. The van der Waals surface area contributed by atoms with Crippen LogP contribution in [0.5, 0.6) is 0 Å². The fourth-order valence-corrected chi connectivity index (χ4v) is 5.76. The molecule has 7 nitrogen and oxygen atoms in total. The minimum atomic E-state index is -0.787. The summed E-state index contributed by atoms with van der Waals surface area (Å²) in [5, 5.41) is 12.0. The van der Waals surface area contributed by atoms with Crippen LogP contribution >= 0.6 is 0 Å². The highest BCUT2D eigenvalue weighted by atomic mass is 16.5. The molecule has 0 heterocycles. The van der Waals surface area contributed by atoms with Gasteiger partial charge in [0, 0.05) is 32.0 Å². The van der Waals surface area contributed by atoms with Gasteiger partial charge in [0.25, 0.3) is 0 Å². The van der Waals surface area contributed by atoms with Crippen molar-refractivity contribution in [3.05, 3.63) is 59.7 Å². The zero-order valence-electron chi connectivity index (χ0n) is 20.0. The maximum atomic E-state index is 12.9. The monoisotopic (exact) mass is 476 g/mol. The van der Waals surface area contributed by atoms with E-state index in [1.807, 2.05) is 24.3 Å². The van der Waals surface area contributed by atoms with E-state index in [9.17, 15) is 14.4 Å². The van der Waals surface area contributed by atoms with Gasteiger partial charge in [-0.2, -0.15) is 0 Å². The molecule has 2 N–H and O–H groups in total. The van der Waals surface area contributed by atoms with Gasteiger partial charge in [-0.25, -0.2) is 4.79 Å². The van der Waals surface area contributed by atoms with Crippen LogP contribution < -0.4 is 5.32 Å². The number of rotatable bonds is 8. The van der Waals surface area contributed by atoms with E-state index in [-0.39, 0.29) is 35.8 Å². The van der Waals surface area contributed by atoms with Crippen molar-refractivity contribution < 1.29 is 24.2 Å². The molecule has 0 aliphatic heterocycles. The Labute approximate surface area is 205 Å². The topological polar surface area (TPSA) is 95.9 Å². The Morgan fingerprint density at radius 3 is 2.17 bits per heavy atom. The molecule has 0 radical (unpaired) electrons. The number of carboxylic acid groups (broad SMARTS) is 1. The summed E-state index contributed by atoms with van der Waals surface area (Å²) < 4.78 is 5.65. The number of nitrogens with zero attached hydrogens (tertiary/aromatic N) is 1. The third-order valence-corrected chi connectivity index (χ3v) is 8.30. The van der Waals surface area contributed by atoms with Crippen LogP contribution in [0.15, 0.2) is 48.5 Å². The molecule has 0 saturated heterocycles. The van der Waals surface area contributed by atoms with Crippen molar-refractivity contribution in [1.82, 2.24) is 10.2 Å². The maximum Gasteiger partial charge on any atom is 0.407 e. The maximum absolute atomic E-state index is 12.9. The van der Waals surface area contributed by atoms with E-state index in [2.05, 4.69) is 29.6 Å². The predicted molar refractivity (Wildman–Crippen MR) is 131 cm³/mol. The molecule has 2 aromatic carbocycles. The van der Waals surface area contributed by atoms with E-state index in [1.165, 1.54) is 22.3 Å². The number of hydrogen-bond acceptors (Lipinski definition) is 4. The summed E-state index contributed by atoms with van der Waals surface area (Å²) in [6.07, 6.45) is 3.75. The van der Waals surface area contributed by atoms with Gasteiger partial charge in [-0.15, -0.1) is 0 Å². The van der Waals surface area contributed by atoms with Crippen LogP contribution in [-0.2, 0) is 14.3 Å². The molecule has 0 atom stereocenters. The number of benzene rings is 2. The standard InChI is InChI=1S/C28H32N2O5/c1-30(19-13-18(14-19)26(32)33)25(31)15-28(11-6-12-28)17-29-27(34)35-16-24-22-9-4-2-7-20(22)21-8-3-5-10-23(21)24/h2-5,7-10,18-19,24H,6,11-17H2,1H3,(H,29,34)(H,32,33). The van der Waals surface area contributed by atoms with E-state index in [0.29, 0.717) is 25.8 Å². The van der Waals surface area contributed by atoms with Gasteiger partial charge >= 0.3 is 12.1 Å². The number of hydrogen-bond donors (Lipinski definition) is 2. The van der Waals surface area contributed by atoms with Gasteiger partial charge in [0.15, 0.2) is 0 Å². The molecule has 7 heteroatoms. The molecule has 2 aromatic rings. The van der Waals surface area contributed by atoms with Crippen molar-refractivity contribution >= 4 is 18.0 Å². The third-order valence-electron chi connectivity index (χ3n) is 8.30. The van der Waals surface area contributed by atoms with E-state index < -0.39 is 12.1 Å². The minimum absolute atomic E-state index is 0.00387. The third kappa shape index (κ3) is 4.51. The summed E-state index contributed by atoms with van der Waals surface area (Å²) in [5.74, 6) is -1.10. The van der Waals surface area contributed by atoms with Crippen LogP contribution in [0.3, 0.4) is 0 Å². The zero-order valence-corrected chi connectivity index (χ0v) is 20.0. The first-order valence-electron chi connectivity index (χ1n) is 12.4.